The minimum atomic E-state index is 0.666. The van der Waals surface area contributed by atoms with E-state index in [9.17, 15) is 0 Å². The number of hydrogen-bond donors (Lipinski definition) is 2. The minimum absolute atomic E-state index is 0.666. The van der Waals surface area contributed by atoms with Crippen LogP contribution in [0, 0.1) is 13.8 Å². The van der Waals surface area contributed by atoms with E-state index in [4.69, 9.17) is 0 Å². The summed E-state index contributed by atoms with van der Waals surface area (Å²) in [7, 11) is 0. The lowest BCUT2D eigenvalue weighted by Crippen LogP contribution is -1.90. The number of H-pyrrole nitrogens is 2. The average molecular weight is 452 g/mol. The maximum atomic E-state index is 4.62. The standard InChI is InChI=1S/C27H25N5S/c1-5-6-21(25-8-7-17(3)33-25)22-14-24(30-18(22)4)26-23-13-19(15-29-27(23)32-31-26)20-10-12-28-11-9-16(20)2/h5-11,13-15,30H,1,12H2,2-4H3,(H,29,31,32)/b21-6+. The Morgan fingerprint density at radius 3 is 2.85 bits per heavy atom. The average Bonchev–Trinajstić information content (AvgIpc) is 3.48. The van der Waals surface area contributed by atoms with Crippen LogP contribution in [-0.2, 0) is 0 Å². The van der Waals surface area contributed by atoms with Crippen molar-refractivity contribution < 1.29 is 0 Å². The second-order valence-corrected chi connectivity index (χ2v) is 9.41. The molecule has 0 aliphatic carbocycles. The molecule has 0 saturated heterocycles. The molecule has 0 bridgehead atoms. The van der Waals surface area contributed by atoms with Crippen LogP contribution in [-0.4, -0.2) is 32.9 Å². The van der Waals surface area contributed by atoms with E-state index in [2.05, 4.69) is 88.9 Å². The smallest absolute Gasteiger partial charge is 0.181 e. The topological polar surface area (TPSA) is 69.7 Å². The second kappa shape index (κ2) is 8.64. The monoisotopic (exact) mass is 451 g/mol. The molecule has 4 aromatic rings. The Hall–Kier alpha value is -3.77. The number of nitrogens with zero attached hydrogens (tertiary/aromatic N) is 3. The van der Waals surface area contributed by atoms with Gasteiger partial charge in [-0.2, -0.15) is 5.10 Å². The molecule has 0 radical (unpaired) electrons. The number of aryl methyl sites for hydroxylation is 2. The van der Waals surface area contributed by atoms with Gasteiger partial charge in [0.25, 0.3) is 0 Å². The summed E-state index contributed by atoms with van der Waals surface area (Å²) in [6.07, 6.45) is 11.9. The van der Waals surface area contributed by atoms with Gasteiger partial charge in [0.2, 0.25) is 0 Å². The van der Waals surface area contributed by atoms with Gasteiger partial charge < -0.3 is 4.98 Å². The zero-order valence-electron chi connectivity index (χ0n) is 18.9. The number of rotatable bonds is 5. The molecule has 0 fully saturated rings. The highest BCUT2D eigenvalue weighted by atomic mass is 32.1. The van der Waals surface area contributed by atoms with Gasteiger partial charge in [-0.3, -0.25) is 10.1 Å². The number of aromatic nitrogens is 4. The molecule has 0 saturated carbocycles. The van der Waals surface area contributed by atoms with E-state index < -0.39 is 0 Å². The maximum Gasteiger partial charge on any atom is 0.181 e. The number of allylic oxidation sites excluding steroid dienone is 5. The molecule has 0 atom stereocenters. The van der Waals surface area contributed by atoms with Crippen molar-refractivity contribution in [2.75, 3.05) is 6.54 Å². The Morgan fingerprint density at radius 1 is 1.18 bits per heavy atom. The van der Waals surface area contributed by atoms with Gasteiger partial charge in [0.05, 0.1) is 17.9 Å². The Morgan fingerprint density at radius 2 is 2.06 bits per heavy atom. The first-order valence-electron chi connectivity index (χ1n) is 10.9. The molecular weight excluding hydrogens is 426 g/mol. The molecule has 0 unspecified atom stereocenters. The van der Waals surface area contributed by atoms with Crippen LogP contribution in [0.3, 0.4) is 0 Å². The summed E-state index contributed by atoms with van der Waals surface area (Å²) in [5.41, 5.74) is 9.42. The van der Waals surface area contributed by atoms with E-state index in [0.717, 1.165) is 44.7 Å². The summed E-state index contributed by atoms with van der Waals surface area (Å²) in [4.78, 5) is 15.0. The van der Waals surface area contributed by atoms with Crippen molar-refractivity contribution >= 4 is 39.7 Å². The second-order valence-electron chi connectivity index (χ2n) is 8.12. The van der Waals surface area contributed by atoms with Crippen LogP contribution in [0.15, 0.2) is 71.9 Å². The first-order chi connectivity index (χ1) is 16.0. The molecule has 5 rings (SSSR count). The molecule has 5 nitrogen and oxygen atoms in total. The zero-order chi connectivity index (χ0) is 22.9. The Kier molecular flexibility index (Phi) is 5.52. The van der Waals surface area contributed by atoms with Gasteiger partial charge in [-0.15, -0.1) is 11.3 Å². The van der Waals surface area contributed by atoms with Gasteiger partial charge in [-0.1, -0.05) is 24.8 Å². The van der Waals surface area contributed by atoms with E-state index >= 15 is 0 Å². The fourth-order valence-corrected chi connectivity index (χ4v) is 5.10. The van der Waals surface area contributed by atoms with E-state index in [1.165, 1.54) is 15.3 Å². The Bertz CT molecular complexity index is 1490. The summed E-state index contributed by atoms with van der Waals surface area (Å²) in [6, 6.07) is 8.67. The number of nitrogens with one attached hydrogen (secondary N) is 2. The molecule has 0 amide bonds. The minimum Gasteiger partial charge on any atom is -0.357 e. The first kappa shape index (κ1) is 21.1. The molecular formula is C27H25N5S. The summed E-state index contributed by atoms with van der Waals surface area (Å²) in [5.74, 6) is 0. The number of fused-ring (bicyclic) bond motifs is 1. The van der Waals surface area contributed by atoms with Crippen LogP contribution in [0.4, 0.5) is 0 Å². The predicted octanol–water partition coefficient (Wildman–Crippen LogP) is 6.66. The lowest BCUT2D eigenvalue weighted by atomic mass is 9.99. The summed E-state index contributed by atoms with van der Waals surface area (Å²) in [5, 5.41) is 8.64. The third kappa shape index (κ3) is 3.94. The Labute approximate surface area is 197 Å². The van der Waals surface area contributed by atoms with Crippen LogP contribution in [0.2, 0.25) is 0 Å². The molecule has 33 heavy (non-hydrogen) atoms. The van der Waals surface area contributed by atoms with Gasteiger partial charge >= 0.3 is 0 Å². The molecule has 4 aromatic heterocycles. The molecule has 0 aromatic carbocycles. The van der Waals surface area contributed by atoms with Gasteiger partial charge in [-0.25, -0.2) is 4.98 Å². The summed E-state index contributed by atoms with van der Waals surface area (Å²) >= 11 is 1.79. The molecule has 0 spiro atoms. The van der Waals surface area contributed by atoms with Crippen molar-refractivity contribution in [2.45, 2.75) is 20.8 Å². The fraction of sp³-hybridized carbons (Fsp3) is 0.148. The highest BCUT2D eigenvalue weighted by Gasteiger charge is 2.18. The third-order valence-electron chi connectivity index (χ3n) is 5.84. The lowest BCUT2D eigenvalue weighted by Gasteiger charge is -2.07. The van der Waals surface area contributed by atoms with Gasteiger partial charge in [-0.05, 0) is 62.3 Å². The number of aromatic amines is 2. The normalized spacial score (nSPS) is 14.3. The van der Waals surface area contributed by atoms with Crippen molar-refractivity contribution in [1.29, 1.82) is 0 Å². The summed E-state index contributed by atoms with van der Waals surface area (Å²) in [6.45, 7) is 10.9. The molecule has 6 heteroatoms. The van der Waals surface area contributed by atoms with Crippen molar-refractivity contribution in [3.63, 3.8) is 0 Å². The highest BCUT2D eigenvalue weighted by Crippen LogP contribution is 2.35. The summed E-state index contributed by atoms with van der Waals surface area (Å²) < 4.78 is 0. The Balaban J connectivity index is 1.60. The van der Waals surface area contributed by atoms with Crippen molar-refractivity contribution in [1.82, 2.24) is 20.2 Å². The van der Waals surface area contributed by atoms with Gasteiger partial charge in [0.15, 0.2) is 5.65 Å². The largest absolute Gasteiger partial charge is 0.357 e. The maximum absolute atomic E-state index is 4.62. The zero-order valence-corrected chi connectivity index (χ0v) is 19.8. The third-order valence-corrected chi connectivity index (χ3v) is 6.87. The molecule has 2 N–H and O–H groups in total. The van der Waals surface area contributed by atoms with E-state index in [1.54, 1.807) is 11.3 Å². The van der Waals surface area contributed by atoms with Crippen molar-refractivity contribution in [3.05, 3.63) is 93.5 Å². The molecule has 5 heterocycles. The number of pyridine rings is 1. The molecule has 1 aliphatic rings. The van der Waals surface area contributed by atoms with E-state index in [-0.39, 0.29) is 0 Å². The predicted molar refractivity (Wildman–Crippen MR) is 140 cm³/mol. The van der Waals surface area contributed by atoms with Gasteiger partial charge in [0, 0.05) is 49.9 Å². The van der Waals surface area contributed by atoms with Crippen LogP contribution in [0.25, 0.3) is 33.6 Å². The van der Waals surface area contributed by atoms with Crippen LogP contribution >= 0.6 is 11.3 Å². The molecule has 164 valence electrons. The SMILES string of the molecule is C=C/C=C(/c1ccc(C)s1)c1cc(-c2[nH]nc3ncc(C4=CCN=CC=C4C)cc23)[nH]c1C. The van der Waals surface area contributed by atoms with E-state index in [0.29, 0.717) is 12.2 Å². The first-order valence-corrected chi connectivity index (χ1v) is 11.7. The lowest BCUT2D eigenvalue weighted by molar-refractivity contribution is 1.09. The van der Waals surface area contributed by atoms with Crippen molar-refractivity contribution in [3.8, 4) is 11.4 Å². The van der Waals surface area contributed by atoms with Crippen LogP contribution < -0.4 is 0 Å². The van der Waals surface area contributed by atoms with Crippen LogP contribution in [0.1, 0.15) is 33.5 Å². The van der Waals surface area contributed by atoms with E-state index in [1.807, 2.05) is 24.6 Å². The number of hydrogen-bond acceptors (Lipinski definition) is 4. The fourth-order valence-electron chi connectivity index (χ4n) is 4.19. The number of thiophene rings is 1. The number of aliphatic imine (C=N–C) groups is 1. The quantitative estimate of drug-likeness (QED) is 0.333. The van der Waals surface area contributed by atoms with Crippen LogP contribution in [0.5, 0.6) is 0 Å². The van der Waals surface area contributed by atoms with Gasteiger partial charge in [0.1, 0.15) is 0 Å². The van der Waals surface area contributed by atoms with Crippen molar-refractivity contribution in [2.24, 2.45) is 4.99 Å². The molecule has 1 aliphatic heterocycles. The highest BCUT2D eigenvalue weighted by molar-refractivity contribution is 7.13.